The molecule has 0 saturated heterocycles. The van der Waals surface area contributed by atoms with Crippen LogP contribution in [0.25, 0.3) is 0 Å². The Morgan fingerprint density at radius 2 is 1.24 bits per heavy atom. The van der Waals surface area contributed by atoms with Crippen LogP contribution >= 0.6 is 0 Å². The Labute approximate surface area is 148 Å². The number of benzene rings is 3. The Morgan fingerprint density at radius 1 is 0.720 bits per heavy atom. The molecular weight excluding hydrogens is 308 g/mol. The maximum Gasteiger partial charge on any atom is 0.239 e. The summed E-state index contributed by atoms with van der Waals surface area (Å²) in [6.45, 7) is 1.57. The monoisotopic (exact) mass is 330 g/mol. The van der Waals surface area contributed by atoms with Crippen LogP contribution in [0.2, 0.25) is 0 Å². The lowest BCUT2D eigenvalue weighted by atomic mass is 10.2. The van der Waals surface area contributed by atoms with E-state index >= 15 is 0 Å². The summed E-state index contributed by atoms with van der Waals surface area (Å²) in [5.41, 5.74) is 3.33. The molecule has 0 aromatic heterocycles. The second-order valence-corrected chi connectivity index (χ2v) is 5.94. The number of hydrogen-bond acceptors (Lipinski definition) is 2. The number of carbonyl (C=O) groups is 1. The fraction of sp³-hybridized carbons (Fsp3) is 0.136. The van der Waals surface area contributed by atoms with Gasteiger partial charge in [0, 0.05) is 18.8 Å². The molecule has 0 saturated carbocycles. The fourth-order valence-electron chi connectivity index (χ4n) is 2.71. The normalized spacial score (nSPS) is 10.2. The molecule has 25 heavy (non-hydrogen) atoms. The van der Waals surface area contributed by atoms with Gasteiger partial charge in [-0.15, -0.1) is 0 Å². The summed E-state index contributed by atoms with van der Waals surface area (Å²) in [5, 5.41) is 3.00. The summed E-state index contributed by atoms with van der Waals surface area (Å²) in [6, 6.07) is 30.2. The molecule has 0 aliphatic heterocycles. The second-order valence-electron chi connectivity index (χ2n) is 5.94. The lowest BCUT2D eigenvalue weighted by Gasteiger charge is -2.24. The highest BCUT2D eigenvalue weighted by atomic mass is 16.2. The van der Waals surface area contributed by atoms with E-state index in [1.807, 2.05) is 78.9 Å². The molecule has 3 aromatic carbocycles. The predicted octanol–water partition coefficient (Wildman–Crippen LogP) is 4.01. The van der Waals surface area contributed by atoms with Crippen molar-refractivity contribution in [2.24, 2.45) is 0 Å². The molecule has 0 fully saturated rings. The van der Waals surface area contributed by atoms with Crippen LogP contribution in [-0.4, -0.2) is 12.5 Å². The topological polar surface area (TPSA) is 32.3 Å². The average molecular weight is 330 g/mol. The number of carbonyl (C=O) groups excluding carboxylic acids is 1. The third-order valence-electron chi connectivity index (χ3n) is 4.00. The van der Waals surface area contributed by atoms with Crippen LogP contribution in [0.3, 0.4) is 0 Å². The van der Waals surface area contributed by atoms with Gasteiger partial charge in [-0.25, -0.2) is 0 Å². The number of hydrogen-bond donors (Lipinski definition) is 1. The van der Waals surface area contributed by atoms with Gasteiger partial charge < -0.3 is 10.2 Å². The minimum Gasteiger partial charge on any atom is -0.358 e. The number of nitrogens with zero attached hydrogens (tertiary/aromatic N) is 1. The third kappa shape index (κ3) is 5.21. The van der Waals surface area contributed by atoms with E-state index in [0.29, 0.717) is 19.6 Å². The van der Waals surface area contributed by atoms with E-state index in [1.54, 1.807) is 0 Å². The first kappa shape index (κ1) is 16.8. The van der Waals surface area contributed by atoms with Gasteiger partial charge in [0.15, 0.2) is 0 Å². The molecule has 0 aliphatic carbocycles. The average Bonchev–Trinajstić information content (AvgIpc) is 2.68. The molecule has 1 amide bonds. The summed E-state index contributed by atoms with van der Waals surface area (Å²) in [5.74, 6) is 0.0173. The molecule has 1 N–H and O–H groups in total. The van der Waals surface area contributed by atoms with Crippen LogP contribution in [0, 0.1) is 0 Å². The van der Waals surface area contributed by atoms with Crippen LogP contribution in [0.4, 0.5) is 5.69 Å². The molecule has 126 valence electrons. The van der Waals surface area contributed by atoms with Crippen molar-refractivity contribution in [1.82, 2.24) is 5.32 Å². The molecule has 3 heteroatoms. The number of amides is 1. The Morgan fingerprint density at radius 3 is 1.84 bits per heavy atom. The second kappa shape index (κ2) is 8.69. The number of anilines is 1. The smallest absolute Gasteiger partial charge is 0.239 e. The quantitative estimate of drug-likeness (QED) is 0.710. The largest absolute Gasteiger partial charge is 0.358 e. The van der Waals surface area contributed by atoms with Crippen molar-refractivity contribution in [3.05, 3.63) is 102 Å². The minimum absolute atomic E-state index is 0.0173. The van der Waals surface area contributed by atoms with Gasteiger partial charge in [-0.2, -0.15) is 0 Å². The van der Waals surface area contributed by atoms with E-state index in [0.717, 1.165) is 11.3 Å². The van der Waals surface area contributed by atoms with Crippen molar-refractivity contribution >= 4 is 11.6 Å². The molecule has 0 spiro atoms. The van der Waals surface area contributed by atoms with Crippen LogP contribution in [0.1, 0.15) is 11.1 Å². The third-order valence-corrected chi connectivity index (χ3v) is 4.00. The van der Waals surface area contributed by atoms with Crippen molar-refractivity contribution in [3.63, 3.8) is 0 Å². The zero-order valence-electron chi connectivity index (χ0n) is 14.1. The molecule has 3 aromatic rings. The van der Waals surface area contributed by atoms with E-state index in [1.165, 1.54) is 5.56 Å². The van der Waals surface area contributed by atoms with Crippen LogP contribution in [0.15, 0.2) is 91.0 Å². The van der Waals surface area contributed by atoms with Gasteiger partial charge in [-0.1, -0.05) is 78.9 Å². The standard InChI is InChI=1S/C22H22N2O/c25-22(23-16-19-10-4-1-5-11-19)18-24(21-14-8-3-9-15-21)17-20-12-6-2-7-13-20/h1-15H,16-18H2,(H,23,25). The van der Waals surface area contributed by atoms with Crippen molar-refractivity contribution in [3.8, 4) is 0 Å². The maximum atomic E-state index is 12.4. The minimum atomic E-state index is 0.0173. The maximum absolute atomic E-state index is 12.4. The van der Waals surface area contributed by atoms with Gasteiger partial charge in [0.1, 0.15) is 0 Å². The Kier molecular flexibility index (Phi) is 5.83. The first-order valence-electron chi connectivity index (χ1n) is 8.46. The summed E-state index contributed by atoms with van der Waals surface area (Å²) in [6.07, 6.45) is 0. The fourth-order valence-corrected chi connectivity index (χ4v) is 2.71. The Balaban J connectivity index is 1.66. The van der Waals surface area contributed by atoms with Gasteiger partial charge in [0.2, 0.25) is 5.91 Å². The van der Waals surface area contributed by atoms with E-state index < -0.39 is 0 Å². The van der Waals surface area contributed by atoms with E-state index in [4.69, 9.17) is 0 Å². The highest BCUT2D eigenvalue weighted by Crippen LogP contribution is 2.16. The van der Waals surface area contributed by atoms with Gasteiger partial charge in [0.25, 0.3) is 0 Å². The van der Waals surface area contributed by atoms with Gasteiger partial charge in [-0.3, -0.25) is 4.79 Å². The number of para-hydroxylation sites is 1. The van der Waals surface area contributed by atoms with E-state index in [9.17, 15) is 4.79 Å². The van der Waals surface area contributed by atoms with Crippen LogP contribution in [-0.2, 0) is 17.9 Å². The molecular formula is C22H22N2O. The first-order valence-corrected chi connectivity index (χ1v) is 8.46. The van der Waals surface area contributed by atoms with Crippen molar-refractivity contribution in [2.75, 3.05) is 11.4 Å². The zero-order chi connectivity index (χ0) is 17.3. The highest BCUT2D eigenvalue weighted by Gasteiger charge is 2.12. The van der Waals surface area contributed by atoms with Gasteiger partial charge >= 0.3 is 0 Å². The summed E-state index contributed by atoms with van der Waals surface area (Å²) in [4.78, 5) is 14.5. The molecule has 0 unspecified atom stereocenters. The molecule has 0 bridgehead atoms. The molecule has 0 atom stereocenters. The SMILES string of the molecule is O=C(CN(Cc1ccccc1)c1ccccc1)NCc1ccccc1. The highest BCUT2D eigenvalue weighted by molar-refractivity contribution is 5.81. The van der Waals surface area contributed by atoms with Gasteiger partial charge in [0.05, 0.1) is 6.54 Å². The van der Waals surface area contributed by atoms with Crippen molar-refractivity contribution in [1.29, 1.82) is 0 Å². The molecule has 0 radical (unpaired) electrons. The summed E-state index contributed by atoms with van der Waals surface area (Å²) in [7, 11) is 0. The molecule has 0 heterocycles. The van der Waals surface area contributed by atoms with Crippen molar-refractivity contribution < 1.29 is 4.79 Å². The first-order chi connectivity index (χ1) is 12.3. The Hall–Kier alpha value is -3.07. The molecule has 0 aliphatic rings. The van der Waals surface area contributed by atoms with Gasteiger partial charge in [-0.05, 0) is 23.3 Å². The van der Waals surface area contributed by atoms with Crippen LogP contribution < -0.4 is 10.2 Å². The van der Waals surface area contributed by atoms with Crippen molar-refractivity contribution in [2.45, 2.75) is 13.1 Å². The lowest BCUT2D eigenvalue weighted by molar-refractivity contribution is -0.119. The Bertz CT molecular complexity index is 773. The lowest BCUT2D eigenvalue weighted by Crippen LogP contribution is -2.36. The molecule has 3 nitrogen and oxygen atoms in total. The van der Waals surface area contributed by atoms with Crippen LogP contribution in [0.5, 0.6) is 0 Å². The summed E-state index contributed by atoms with van der Waals surface area (Å²) >= 11 is 0. The number of rotatable bonds is 7. The van der Waals surface area contributed by atoms with E-state index in [2.05, 4.69) is 22.3 Å². The predicted molar refractivity (Wildman–Crippen MR) is 102 cm³/mol. The summed E-state index contributed by atoms with van der Waals surface area (Å²) < 4.78 is 0. The van der Waals surface area contributed by atoms with E-state index in [-0.39, 0.29) is 5.91 Å². The zero-order valence-corrected chi connectivity index (χ0v) is 14.1. The number of nitrogens with one attached hydrogen (secondary N) is 1. The molecule has 3 rings (SSSR count).